The summed E-state index contributed by atoms with van der Waals surface area (Å²) in [7, 11) is 2.16. The summed E-state index contributed by atoms with van der Waals surface area (Å²) in [6.07, 6.45) is 2.16. The summed E-state index contributed by atoms with van der Waals surface area (Å²) in [6, 6.07) is 35.5. The molecule has 3 aromatic heterocycles. The highest BCUT2D eigenvalue weighted by atomic mass is 14.9. The predicted octanol–water partition coefficient (Wildman–Crippen LogP) is 7.40. The number of aromatic nitrogens is 2. The molecule has 0 saturated heterocycles. The van der Waals surface area contributed by atoms with Crippen molar-refractivity contribution in [2.75, 3.05) is 0 Å². The van der Waals surface area contributed by atoms with Gasteiger partial charge in [0.25, 0.3) is 0 Å². The molecule has 7 rings (SSSR count). The Labute approximate surface area is 191 Å². The van der Waals surface area contributed by atoms with E-state index in [4.69, 9.17) is 0 Å². The van der Waals surface area contributed by atoms with E-state index in [2.05, 4.69) is 126 Å². The van der Waals surface area contributed by atoms with Crippen LogP contribution in [0.3, 0.4) is 0 Å². The first-order valence-electron chi connectivity index (χ1n) is 11.4. The molecule has 0 aliphatic heterocycles. The Hall–Kier alpha value is -4.17. The van der Waals surface area contributed by atoms with Gasteiger partial charge in [-0.1, -0.05) is 72.8 Å². The molecule has 0 radical (unpaired) electrons. The van der Waals surface area contributed by atoms with E-state index in [9.17, 15) is 0 Å². The van der Waals surface area contributed by atoms with Gasteiger partial charge in [-0.25, -0.2) is 4.57 Å². The van der Waals surface area contributed by atoms with Crippen molar-refractivity contribution < 1.29 is 4.57 Å². The van der Waals surface area contributed by atoms with Crippen LogP contribution < -0.4 is 4.57 Å². The molecular weight excluding hydrogens is 400 g/mol. The smallest absolute Gasteiger partial charge is 0.222 e. The second-order valence-corrected chi connectivity index (χ2v) is 8.95. The molecule has 2 heteroatoms. The number of hydrogen-bond acceptors (Lipinski definition) is 0. The van der Waals surface area contributed by atoms with Gasteiger partial charge in [0.05, 0.1) is 27.3 Å². The van der Waals surface area contributed by atoms with Gasteiger partial charge in [-0.15, -0.1) is 0 Å². The molecule has 0 fully saturated rings. The number of pyridine rings is 1. The summed E-state index contributed by atoms with van der Waals surface area (Å²) in [5.41, 5.74) is 6.28. The first kappa shape index (κ1) is 18.4. The maximum atomic E-state index is 2.49. The van der Waals surface area contributed by atoms with Gasteiger partial charge in [0, 0.05) is 22.2 Å². The van der Waals surface area contributed by atoms with Crippen LogP contribution >= 0.6 is 0 Å². The molecule has 0 bridgehead atoms. The lowest BCUT2D eigenvalue weighted by molar-refractivity contribution is -0.644. The first-order chi connectivity index (χ1) is 16.2. The molecule has 0 spiro atoms. The van der Waals surface area contributed by atoms with Crippen molar-refractivity contribution in [2.45, 2.75) is 6.92 Å². The second kappa shape index (κ2) is 6.66. The number of nitrogens with zero attached hydrogens (tertiary/aromatic N) is 2. The molecule has 0 aliphatic carbocycles. The summed E-state index contributed by atoms with van der Waals surface area (Å²) in [5, 5.41) is 8.93. The van der Waals surface area contributed by atoms with Gasteiger partial charge in [0.1, 0.15) is 7.05 Å². The number of hydrogen-bond donors (Lipinski definition) is 0. The van der Waals surface area contributed by atoms with Gasteiger partial charge >= 0.3 is 0 Å². The third-order valence-electron chi connectivity index (χ3n) is 7.11. The number of fused-ring (bicyclic) bond motifs is 10. The summed E-state index contributed by atoms with van der Waals surface area (Å²) < 4.78 is 4.77. The van der Waals surface area contributed by atoms with Crippen molar-refractivity contribution >= 4 is 59.8 Å². The van der Waals surface area contributed by atoms with E-state index in [1.165, 1.54) is 65.3 Å². The normalized spacial score (nSPS) is 11.9. The molecule has 2 nitrogen and oxygen atoms in total. The fourth-order valence-corrected chi connectivity index (χ4v) is 5.70. The first-order valence-corrected chi connectivity index (χ1v) is 11.4. The third kappa shape index (κ3) is 2.41. The van der Waals surface area contributed by atoms with Gasteiger partial charge in [-0.2, -0.15) is 0 Å². The standard InChI is InChI=1S/C31H23N2/c1-20-17-18-26-24-13-6-8-16-28(24)33-27-15-7-5-12-23(27)21-10-3-4-11-22(21)25-14-9-19-32(2)30(25)29(20)31(26)33/h3-19H,1-2H3/q+1. The molecule has 0 unspecified atom stereocenters. The van der Waals surface area contributed by atoms with Crippen molar-refractivity contribution in [3.8, 4) is 0 Å². The van der Waals surface area contributed by atoms with Crippen LogP contribution in [0.2, 0.25) is 0 Å². The molecule has 33 heavy (non-hydrogen) atoms. The Balaban J connectivity index is 2.07. The van der Waals surface area contributed by atoms with Crippen LogP contribution in [0.1, 0.15) is 5.56 Å². The Bertz CT molecular complexity index is 1940. The van der Waals surface area contributed by atoms with E-state index in [1.807, 2.05) is 0 Å². The molecule has 156 valence electrons. The average molecular weight is 424 g/mol. The van der Waals surface area contributed by atoms with Crippen LogP contribution in [-0.2, 0) is 7.05 Å². The van der Waals surface area contributed by atoms with Crippen molar-refractivity contribution in [1.82, 2.24) is 4.40 Å². The third-order valence-corrected chi connectivity index (χ3v) is 7.11. The zero-order valence-corrected chi connectivity index (χ0v) is 18.7. The largest absolute Gasteiger partial charge is 0.308 e. The molecule has 0 aliphatic rings. The zero-order valence-electron chi connectivity index (χ0n) is 18.7. The average Bonchev–Trinajstić information content (AvgIpc) is 3.20. The highest BCUT2D eigenvalue weighted by molar-refractivity contribution is 6.24. The Morgan fingerprint density at radius 2 is 1.09 bits per heavy atom. The number of para-hydroxylation sites is 2. The van der Waals surface area contributed by atoms with Crippen molar-refractivity contribution in [3.63, 3.8) is 0 Å². The van der Waals surface area contributed by atoms with Crippen LogP contribution in [0.15, 0.2) is 103 Å². The predicted molar refractivity (Wildman–Crippen MR) is 140 cm³/mol. The quantitative estimate of drug-likeness (QED) is 0.225. The van der Waals surface area contributed by atoms with Crippen molar-refractivity contribution in [2.24, 2.45) is 7.05 Å². The molecule has 0 amide bonds. The molecular formula is C31H23N2+. The second-order valence-electron chi connectivity index (χ2n) is 8.95. The van der Waals surface area contributed by atoms with Gasteiger partial charge in [-0.3, -0.25) is 0 Å². The topological polar surface area (TPSA) is 8.29 Å². The van der Waals surface area contributed by atoms with Gasteiger partial charge in [0.15, 0.2) is 6.20 Å². The van der Waals surface area contributed by atoms with Crippen molar-refractivity contribution in [1.29, 1.82) is 0 Å². The van der Waals surface area contributed by atoms with E-state index < -0.39 is 0 Å². The van der Waals surface area contributed by atoms with Gasteiger partial charge in [0.2, 0.25) is 5.52 Å². The lowest BCUT2D eigenvalue weighted by atomic mass is 10.0. The van der Waals surface area contributed by atoms with Gasteiger partial charge < -0.3 is 4.40 Å². The minimum atomic E-state index is 1.22. The van der Waals surface area contributed by atoms with Crippen LogP contribution in [0.25, 0.3) is 59.8 Å². The molecule has 3 heterocycles. The fourth-order valence-electron chi connectivity index (χ4n) is 5.70. The van der Waals surface area contributed by atoms with Crippen LogP contribution in [0.4, 0.5) is 0 Å². The van der Waals surface area contributed by atoms with E-state index in [0.29, 0.717) is 0 Å². The monoisotopic (exact) mass is 423 g/mol. The summed E-state index contributed by atoms with van der Waals surface area (Å²) in [6.45, 7) is 2.24. The van der Waals surface area contributed by atoms with E-state index in [-0.39, 0.29) is 0 Å². The fraction of sp³-hybridized carbons (Fsp3) is 0.0645. The maximum absolute atomic E-state index is 2.49. The number of aryl methyl sites for hydroxylation is 2. The number of benzene rings is 4. The van der Waals surface area contributed by atoms with Crippen molar-refractivity contribution in [3.05, 3.63) is 109 Å². The van der Waals surface area contributed by atoms with Crippen LogP contribution in [-0.4, -0.2) is 4.40 Å². The van der Waals surface area contributed by atoms with Crippen LogP contribution in [0.5, 0.6) is 0 Å². The Morgan fingerprint density at radius 1 is 0.545 bits per heavy atom. The summed E-state index contributed by atoms with van der Waals surface area (Å²) in [5.74, 6) is 0. The Kier molecular flexibility index (Phi) is 3.72. The van der Waals surface area contributed by atoms with Crippen LogP contribution in [0, 0.1) is 6.92 Å². The Morgan fingerprint density at radius 3 is 1.79 bits per heavy atom. The summed E-state index contributed by atoms with van der Waals surface area (Å²) >= 11 is 0. The minimum absolute atomic E-state index is 1.22. The number of rotatable bonds is 0. The van der Waals surface area contributed by atoms with E-state index in [0.717, 1.165) is 0 Å². The highest BCUT2D eigenvalue weighted by Crippen LogP contribution is 2.38. The highest BCUT2D eigenvalue weighted by Gasteiger charge is 2.19. The molecule has 0 saturated carbocycles. The molecule has 0 atom stereocenters. The minimum Gasteiger partial charge on any atom is -0.308 e. The SMILES string of the molecule is Cc1ccc2c3ccccc3n3c4ccccc4c4ccccc4c4ccc[n+](C)c4c1c23. The summed E-state index contributed by atoms with van der Waals surface area (Å²) in [4.78, 5) is 0. The lowest BCUT2D eigenvalue weighted by Gasteiger charge is -2.05. The van der Waals surface area contributed by atoms with Gasteiger partial charge in [-0.05, 0) is 41.5 Å². The van der Waals surface area contributed by atoms with E-state index >= 15 is 0 Å². The van der Waals surface area contributed by atoms with E-state index in [1.54, 1.807) is 0 Å². The molecule has 4 aromatic carbocycles. The zero-order chi connectivity index (χ0) is 22.1. The molecule has 7 aromatic rings. The lowest BCUT2D eigenvalue weighted by Crippen LogP contribution is -2.28. The molecule has 0 N–H and O–H groups in total. The maximum Gasteiger partial charge on any atom is 0.222 e.